The van der Waals surface area contributed by atoms with Crippen LogP contribution in [0.3, 0.4) is 0 Å². The molecular weight excluding hydrogens is 328 g/mol. The lowest BCUT2D eigenvalue weighted by atomic mass is 9.84. The summed E-state index contributed by atoms with van der Waals surface area (Å²) in [5.74, 6) is 1.28. The first-order valence-electron chi connectivity index (χ1n) is 9.60. The van der Waals surface area contributed by atoms with Gasteiger partial charge in [0.05, 0.1) is 5.01 Å². The summed E-state index contributed by atoms with van der Waals surface area (Å²) < 4.78 is 0. The number of hydrogen-bond acceptors (Lipinski definition) is 3. The van der Waals surface area contributed by atoms with Crippen molar-refractivity contribution >= 4 is 17.2 Å². The minimum atomic E-state index is 0.177. The number of carbonyl (C=O) groups excluding carboxylic acids is 1. The largest absolute Gasteiger partial charge is 0.338 e. The van der Waals surface area contributed by atoms with Crippen LogP contribution in [0.4, 0.5) is 0 Å². The van der Waals surface area contributed by atoms with Crippen LogP contribution in [0.15, 0.2) is 35.8 Å². The maximum Gasteiger partial charge on any atom is 0.253 e. The van der Waals surface area contributed by atoms with Crippen LogP contribution in [-0.4, -0.2) is 28.9 Å². The molecule has 0 bridgehead atoms. The Bertz CT molecular complexity index is 689. The molecule has 0 spiro atoms. The van der Waals surface area contributed by atoms with Crippen molar-refractivity contribution in [1.29, 1.82) is 0 Å². The number of piperidine rings is 1. The highest BCUT2D eigenvalue weighted by molar-refractivity contribution is 7.09. The van der Waals surface area contributed by atoms with Crippen molar-refractivity contribution in [3.8, 4) is 0 Å². The second kappa shape index (κ2) is 7.69. The Morgan fingerprint density at radius 2 is 1.76 bits per heavy atom. The molecule has 1 saturated carbocycles. The van der Waals surface area contributed by atoms with Crippen molar-refractivity contribution in [1.82, 2.24) is 9.88 Å². The molecule has 1 aromatic carbocycles. The maximum atomic E-state index is 12.9. The van der Waals surface area contributed by atoms with E-state index in [0.717, 1.165) is 31.5 Å². The monoisotopic (exact) mass is 354 g/mol. The molecule has 2 fully saturated rings. The van der Waals surface area contributed by atoms with Crippen LogP contribution in [0.25, 0.3) is 0 Å². The number of likely N-dealkylation sites (tertiary alicyclic amines) is 1. The Hall–Kier alpha value is -1.68. The van der Waals surface area contributed by atoms with Crippen LogP contribution >= 0.6 is 11.3 Å². The van der Waals surface area contributed by atoms with Gasteiger partial charge in [-0.15, -0.1) is 11.3 Å². The first kappa shape index (κ1) is 16.8. The van der Waals surface area contributed by atoms with Crippen molar-refractivity contribution in [3.05, 3.63) is 52.0 Å². The fourth-order valence-corrected chi connectivity index (χ4v) is 5.08. The first-order chi connectivity index (χ1) is 12.3. The van der Waals surface area contributed by atoms with E-state index in [4.69, 9.17) is 0 Å². The molecule has 1 atom stereocenters. The van der Waals surface area contributed by atoms with Crippen LogP contribution in [0.1, 0.15) is 77.7 Å². The van der Waals surface area contributed by atoms with Crippen molar-refractivity contribution in [2.45, 2.75) is 56.8 Å². The summed E-state index contributed by atoms with van der Waals surface area (Å²) >= 11 is 1.71. The van der Waals surface area contributed by atoms with E-state index in [0.29, 0.717) is 11.8 Å². The molecule has 1 saturated heterocycles. The predicted octanol–water partition coefficient (Wildman–Crippen LogP) is 5.21. The molecule has 3 nitrogen and oxygen atoms in total. The number of benzene rings is 1. The SMILES string of the molecule is O=C(c1ccc(C2CCCCC2)cc1)N1CCCC(c2nccs2)C1. The fourth-order valence-electron chi connectivity index (χ4n) is 4.32. The van der Waals surface area contributed by atoms with E-state index < -0.39 is 0 Å². The highest BCUT2D eigenvalue weighted by Gasteiger charge is 2.27. The molecule has 0 N–H and O–H groups in total. The third kappa shape index (κ3) is 3.79. The minimum Gasteiger partial charge on any atom is -0.338 e. The average Bonchev–Trinajstić information content (AvgIpc) is 3.23. The van der Waals surface area contributed by atoms with Gasteiger partial charge in [0.2, 0.25) is 0 Å². The van der Waals surface area contributed by atoms with E-state index in [9.17, 15) is 4.79 Å². The molecule has 1 unspecified atom stereocenters. The van der Waals surface area contributed by atoms with E-state index in [2.05, 4.69) is 17.1 Å². The number of aromatic nitrogens is 1. The van der Waals surface area contributed by atoms with Gasteiger partial charge in [-0.3, -0.25) is 4.79 Å². The number of amides is 1. The third-order valence-electron chi connectivity index (χ3n) is 5.74. The van der Waals surface area contributed by atoms with Crippen molar-refractivity contribution < 1.29 is 4.79 Å². The highest BCUT2D eigenvalue weighted by Crippen LogP contribution is 2.33. The van der Waals surface area contributed by atoms with Crippen molar-refractivity contribution in [2.24, 2.45) is 0 Å². The van der Waals surface area contributed by atoms with Crippen molar-refractivity contribution in [3.63, 3.8) is 0 Å². The van der Waals surface area contributed by atoms with Gasteiger partial charge >= 0.3 is 0 Å². The van der Waals surface area contributed by atoms with Gasteiger partial charge in [0.1, 0.15) is 0 Å². The van der Waals surface area contributed by atoms with Gasteiger partial charge in [-0.25, -0.2) is 4.98 Å². The molecule has 25 heavy (non-hydrogen) atoms. The lowest BCUT2D eigenvalue weighted by Gasteiger charge is -2.32. The number of nitrogens with zero attached hydrogens (tertiary/aromatic N) is 2. The van der Waals surface area contributed by atoms with Crippen LogP contribution < -0.4 is 0 Å². The summed E-state index contributed by atoms with van der Waals surface area (Å²) in [6, 6.07) is 8.45. The average molecular weight is 355 g/mol. The zero-order chi connectivity index (χ0) is 17.1. The second-order valence-electron chi connectivity index (χ2n) is 7.42. The Kier molecular flexibility index (Phi) is 5.16. The summed E-state index contributed by atoms with van der Waals surface area (Å²) in [5.41, 5.74) is 2.25. The van der Waals surface area contributed by atoms with Crippen LogP contribution in [-0.2, 0) is 0 Å². The van der Waals surface area contributed by atoms with Crippen LogP contribution in [0.5, 0.6) is 0 Å². The summed E-state index contributed by atoms with van der Waals surface area (Å²) in [4.78, 5) is 19.4. The molecule has 2 aliphatic rings. The van der Waals surface area contributed by atoms with Gasteiger partial charge in [-0.05, 0) is 49.3 Å². The number of thiazole rings is 1. The molecule has 2 aromatic rings. The summed E-state index contributed by atoms with van der Waals surface area (Å²) in [5, 5.41) is 3.20. The van der Waals surface area contributed by atoms with Gasteiger partial charge in [0.25, 0.3) is 5.91 Å². The zero-order valence-electron chi connectivity index (χ0n) is 14.7. The standard InChI is InChI=1S/C21H26N2OS/c24-21(23-13-4-7-19(15-23)20-22-12-14-25-20)18-10-8-17(9-11-18)16-5-2-1-3-6-16/h8-12,14,16,19H,1-7,13,15H2. The van der Waals surface area contributed by atoms with Gasteiger partial charge in [-0.2, -0.15) is 0 Å². The topological polar surface area (TPSA) is 33.2 Å². The summed E-state index contributed by atoms with van der Waals surface area (Å²) in [7, 11) is 0. The molecule has 4 heteroatoms. The first-order valence-corrected chi connectivity index (χ1v) is 10.5. The lowest BCUT2D eigenvalue weighted by Crippen LogP contribution is -2.39. The van der Waals surface area contributed by atoms with Crippen molar-refractivity contribution in [2.75, 3.05) is 13.1 Å². The predicted molar refractivity (Wildman–Crippen MR) is 102 cm³/mol. The minimum absolute atomic E-state index is 0.177. The fraction of sp³-hybridized carbons (Fsp3) is 0.524. The van der Waals surface area contributed by atoms with Gasteiger partial charge in [-0.1, -0.05) is 31.4 Å². The third-order valence-corrected chi connectivity index (χ3v) is 6.68. The lowest BCUT2D eigenvalue weighted by molar-refractivity contribution is 0.0707. The Morgan fingerprint density at radius 1 is 1.00 bits per heavy atom. The molecule has 2 heterocycles. The van der Waals surface area contributed by atoms with E-state index in [1.165, 1.54) is 42.7 Å². The smallest absolute Gasteiger partial charge is 0.253 e. The normalized spacial score (nSPS) is 22.1. The summed E-state index contributed by atoms with van der Waals surface area (Å²) in [6.07, 6.45) is 10.7. The number of hydrogen-bond donors (Lipinski definition) is 0. The van der Waals surface area contributed by atoms with E-state index in [1.807, 2.05) is 28.6 Å². The second-order valence-corrected chi connectivity index (χ2v) is 8.34. The Balaban J connectivity index is 1.43. The molecule has 0 radical (unpaired) electrons. The van der Waals surface area contributed by atoms with Gasteiger partial charge in [0, 0.05) is 36.1 Å². The zero-order valence-corrected chi connectivity index (χ0v) is 15.5. The number of carbonyl (C=O) groups is 1. The molecule has 1 aliphatic carbocycles. The van der Waals surface area contributed by atoms with Crippen LogP contribution in [0, 0.1) is 0 Å². The molecule has 1 amide bonds. The molecular formula is C21H26N2OS. The quantitative estimate of drug-likeness (QED) is 0.758. The molecule has 132 valence electrons. The van der Waals surface area contributed by atoms with Gasteiger partial charge in [0.15, 0.2) is 0 Å². The van der Waals surface area contributed by atoms with Crippen LogP contribution in [0.2, 0.25) is 0 Å². The molecule has 1 aliphatic heterocycles. The maximum absolute atomic E-state index is 12.9. The number of rotatable bonds is 3. The van der Waals surface area contributed by atoms with E-state index in [1.54, 1.807) is 11.3 Å². The Morgan fingerprint density at radius 3 is 2.48 bits per heavy atom. The van der Waals surface area contributed by atoms with E-state index >= 15 is 0 Å². The van der Waals surface area contributed by atoms with Gasteiger partial charge < -0.3 is 4.90 Å². The van der Waals surface area contributed by atoms with E-state index in [-0.39, 0.29) is 5.91 Å². The summed E-state index contributed by atoms with van der Waals surface area (Å²) in [6.45, 7) is 1.67. The highest BCUT2D eigenvalue weighted by atomic mass is 32.1. The Labute approximate surface area is 154 Å². The molecule has 4 rings (SSSR count). The molecule has 1 aromatic heterocycles.